The highest BCUT2D eigenvalue weighted by atomic mass is 31.3. The Labute approximate surface area is 287 Å². The van der Waals surface area contributed by atoms with Crippen LogP contribution in [0.1, 0.15) is 27.0 Å². The molecule has 2 saturated heterocycles. The Bertz CT molecular complexity index is 1590. The van der Waals surface area contributed by atoms with Gasteiger partial charge in [-0.3, -0.25) is 23.4 Å². The van der Waals surface area contributed by atoms with E-state index in [1.54, 1.807) is 0 Å². The molecule has 13 atom stereocenters. The van der Waals surface area contributed by atoms with Gasteiger partial charge in [-0.25, -0.2) is 27.4 Å². The Morgan fingerprint density at radius 2 is 1.31 bits per heavy atom. The van der Waals surface area contributed by atoms with Crippen LogP contribution < -0.4 is 11.2 Å². The topological polar surface area (TPSA) is 373 Å². The quantitative estimate of drug-likeness (QED) is 0.0788. The van der Waals surface area contributed by atoms with Gasteiger partial charge in [0.05, 0.1) is 13.2 Å². The van der Waals surface area contributed by atoms with Crippen molar-refractivity contribution >= 4 is 31.3 Å². The fourth-order valence-corrected chi connectivity index (χ4v) is 9.30. The van der Waals surface area contributed by atoms with Crippen LogP contribution in [0.4, 0.5) is 4.39 Å². The number of alkyl halides is 1. The molecule has 2 aliphatic heterocycles. The van der Waals surface area contributed by atoms with Crippen molar-refractivity contribution in [1.82, 2.24) is 14.5 Å². The number of phosphoric ester groups is 2. The van der Waals surface area contributed by atoms with Crippen LogP contribution in [0.15, 0.2) is 21.9 Å². The first-order valence-corrected chi connectivity index (χ1v) is 20.5. The van der Waals surface area contributed by atoms with E-state index in [-0.39, 0.29) is 0 Å². The Hall–Kier alpha value is -1.15. The minimum Gasteiger partial charge on any atom is -0.394 e. The fraction of sp³-hybridized carbons (Fsp3) is 0.810. The first-order valence-electron chi connectivity index (χ1n) is 14.5. The molecular weight excluding hydrogens is 789 g/mol. The maximum Gasteiger partial charge on any atom is 0.490 e. The predicted molar refractivity (Wildman–Crippen MR) is 163 cm³/mol. The molecule has 25 nitrogen and oxygen atoms in total. The van der Waals surface area contributed by atoms with E-state index in [9.17, 15) is 72.2 Å². The number of aliphatic hydroxyl groups is 5. The molecule has 0 spiro atoms. The average molecular weight is 829 g/mol. The van der Waals surface area contributed by atoms with Crippen molar-refractivity contribution in [1.29, 1.82) is 0 Å². The summed E-state index contributed by atoms with van der Waals surface area (Å²) in [6, 6.07) is 0.859. The van der Waals surface area contributed by atoms with Gasteiger partial charge >= 0.3 is 37.0 Å². The molecule has 0 aliphatic carbocycles. The third-order valence-corrected chi connectivity index (χ3v) is 12.8. The van der Waals surface area contributed by atoms with Crippen molar-refractivity contribution in [3.8, 4) is 0 Å². The molecule has 0 amide bonds. The molecule has 1 aromatic heterocycles. The number of aromatic nitrogens is 2. The van der Waals surface area contributed by atoms with Crippen molar-refractivity contribution < 1.29 is 99.2 Å². The van der Waals surface area contributed by atoms with Gasteiger partial charge in [0.25, 0.3) is 5.56 Å². The number of nitrogens with zero attached hydrogens (tertiary/aromatic N) is 2. The van der Waals surface area contributed by atoms with E-state index >= 15 is 0 Å². The molecule has 0 saturated carbocycles. The number of rotatable bonds is 16. The monoisotopic (exact) mass is 829 g/mol. The number of hydrogen-bond donors (Lipinski definition) is 10. The van der Waals surface area contributed by atoms with Crippen molar-refractivity contribution in [2.75, 3.05) is 32.8 Å². The largest absolute Gasteiger partial charge is 0.490 e. The van der Waals surface area contributed by atoms with Gasteiger partial charge in [0.2, 0.25) is 6.29 Å². The van der Waals surface area contributed by atoms with Crippen molar-refractivity contribution in [2.24, 2.45) is 0 Å². The lowest BCUT2D eigenvalue weighted by Gasteiger charge is -2.38. The van der Waals surface area contributed by atoms with E-state index in [1.165, 1.54) is 19.6 Å². The standard InChI is InChI=1S/C15H25FN2O22P4.C6H15N/c16-8-11(23)9(21)5(3-19)36-14(8)37-42(28,29)39-44(32,33)40-43(30,31)38-41(26,27)34-4-6-10(22)12(24)13(35-6)18-2-1-7(20)17-15(18)25;1-4-7(5-2)6-3/h1-2,5-6,8-14,19,21-24H,3-4H2,(H,26,27)(H,28,29)(H,30,31)(H,32,33)(H,17,20,25);4-6H2,1-3H3/t5-,6-,8-,9-,10-,11-,12-,13-,14-;/m1./s1. The summed E-state index contributed by atoms with van der Waals surface area (Å²) in [5.74, 6) is 0. The summed E-state index contributed by atoms with van der Waals surface area (Å²) >= 11 is 0. The molecule has 4 unspecified atom stereocenters. The summed E-state index contributed by atoms with van der Waals surface area (Å²) in [4.78, 5) is 65.9. The molecule has 3 heterocycles. The molecule has 2 aliphatic rings. The van der Waals surface area contributed by atoms with Gasteiger partial charge in [0.15, 0.2) is 12.4 Å². The number of H-pyrrole nitrogens is 1. The summed E-state index contributed by atoms with van der Waals surface area (Å²) in [6.07, 6.45) is -18.0. The van der Waals surface area contributed by atoms with Crippen LogP contribution in [0.25, 0.3) is 0 Å². The predicted octanol–water partition coefficient (Wildman–Crippen LogP) is -2.23. The number of hydrogen-bond acceptors (Lipinski definition) is 19. The van der Waals surface area contributed by atoms with Crippen LogP contribution >= 0.6 is 31.3 Å². The van der Waals surface area contributed by atoms with E-state index in [0.717, 1.165) is 12.3 Å². The minimum absolute atomic E-state index is 0.632. The van der Waals surface area contributed by atoms with Crippen molar-refractivity contribution in [3.63, 3.8) is 0 Å². The summed E-state index contributed by atoms with van der Waals surface area (Å²) in [7, 11) is -24.5. The van der Waals surface area contributed by atoms with Crippen molar-refractivity contribution in [2.45, 2.75) is 76.1 Å². The minimum atomic E-state index is -6.33. The van der Waals surface area contributed by atoms with Gasteiger partial charge in [0.1, 0.15) is 36.6 Å². The lowest BCUT2D eigenvalue weighted by atomic mass is 10.0. The third kappa shape index (κ3) is 13.6. The van der Waals surface area contributed by atoms with Crippen LogP contribution in [-0.4, -0.2) is 141 Å². The molecule has 10 N–H and O–H groups in total. The van der Waals surface area contributed by atoms with Gasteiger partial charge in [-0.05, 0) is 19.6 Å². The van der Waals surface area contributed by atoms with Crippen LogP contribution in [0, 0.1) is 0 Å². The second-order valence-corrected chi connectivity index (χ2v) is 16.5. The lowest BCUT2D eigenvalue weighted by Crippen LogP contribution is -2.57. The van der Waals surface area contributed by atoms with Crippen LogP contribution in [0.3, 0.4) is 0 Å². The molecule has 2 fully saturated rings. The highest BCUT2D eigenvalue weighted by Crippen LogP contribution is 2.71. The maximum absolute atomic E-state index is 14.2. The number of nitrogens with one attached hydrogen (secondary N) is 1. The van der Waals surface area contributed by atoms with Crippen molar-refractivity contribution in [3.05, 3.63) is 33.1 Å². The average Bonchev–Trinajstić information content (AvgIpc) is 3.28. The Kier molecular flexibility index (Phi) is 17.1. The van der Waals surface area contributed by atoms with Crippen LogP contribution in [0.2, 0.25) is 0 Å². The van der Waals surface area contributed by atoms with E-state index in [0.29, 0.717) is 4.57 Å². The number of aromatic amines is 1. The Morgan fingerprint density at radius 3 is 1.80 bits per heavy atom. The SMILES string of the molecule is CCN(CC)CC.O=c1ccn([C@@H]2O[C@H](COP(=O)(O)OP(=O)(O)OP(=O)(O)OP(=O)(O)O[C@H]3O[C@H](CO)[C@@H](O)[C@H](O)[C@H]3F)[C@@H](O)[C@H]2O)c(=O)[nH]1. The molecule has 1 aromatic rings. The summed E-state index contributed by atoms with van der Waals surface area (Å²) in [5, 5.41) is 48.5. The maximum atomic E-state index is 14.2. The zero-order valence-electron chi connectivity index (χ0n) is 26.8. The molecule has 0 bridgehead atoms. The van der Waals surface area contributed by atoms with Gasteiger partial charge in [-0.1, -0.05) is 20.8 Å². The normalized spacial score (nSPS) is 32.9. The van der Waals surface area contributed by atoms with Gasteiger partial charge in [-0.15, -0.1) is 0 Å². The third-order valence-electron chi connectivity index (χ3n) is 6.87. The highest BCUT2D eigenvalue weighted by molar-refractivity contribution is 7.69. The molecular formula is C21H40FN3O22P4. The summed E-state index contributed by atoms with van der Waals surface area (Å²) in [5.41, 5.74) is -1.90. The van der Waals surface area contributed by atoms with Gasteiger partial charge in [0, 0.05) is 12.3 Å². The molecule has 0 aromatic carbocycles. The first kappa shape index (κ1) is 46.0. The van der Waals surface area contributed by atoms with Crippen LogP contribution in [-0.2, 0) is 49.7 Å². The van der Waals surface area contributed by atoms with E-state index < -0.39 is 111 Å². The molecule has 30 heteroatoms. The number of phosphoric acid groups is 4. The Balaban J connectivity index is 0.00000116. The second kappa shape index (κ2) is 18.9. The highest BCUT2D eigenvalue weighted by Gasteiger charge is 2.52. The van der Waals surface area contributed by atoms with Crippen LogP contribution in [0.5, 0.6) is 0 Å². The van der Waals surface area contributed by atoms with Gasteiger partial charge in [-0.2, -0.15) is 12.9 Å². The number of halogens is 1. The molecule has 3 rings (SSSR count). The summed E-state index contributed by atoms with van der Waals surface area (Å²) in [6.45, 7) is 7.83. The molecule has 51 heavy (non-hydrogen) atoms. The van der Waals surface area contributed by atoms with E-state index in [2.05, 4.69) is 52.4 Å². The smallest absolute Gasteiger partial charge is 0.394 e. The fourth-order valence-electron chi connectivity index (χ4n) is 4.29. The van der Waals surface area contributed by atoms with Gasteiger partial charge < -0.3 is 59.5 Å². The molecule has 298 valence electrons. The van der Waals surface area contributed by atoms with E-state index in [4.69, 9.17) is 9.84 Å². The van der Waals surface area contributed by atoms with E-state index in [1.807, 2.05) is 4.98 Å². The second-order valence-electron chi connectivity index (χ2n) is 10.4. The first-order chi connectivity index (χ1) is 23.4. The number of ether oxygens (including phenoxy) is 2. The zero-order valence-corrected chi connectivity index (χ0v) is 30.4. The number of aliphatic hydroxyl groups excluding tert-OH is 5. The molecule has 0 radical (unpaired) electrons. The summed E-state index contributed by atoms with van der Waals surface area (Å²) < 4.78 is 92.3. The Morgan fingerprint density at radius 1 is 0.804 bits per heavy atom. The zero-order chi connectivity index (χ0) is 39.1. The lowest BCUT2D eigenvalue weighted by molar-refractivity contribution is -0.265.